The van der Waals surface area contributed by atoms with Gasteiger partial charge >= 0.3 is 5.97 Å². The molecule has 3 nitrogen and oxygen atoms in total. The second-order valence-corrected chi connectivity index (χ2v) is 5.79. The van der Waals surface area contributed by atoms with Crippen molar-refractivity contribution in [2.75, 3.05) is 20.7 Å². The molecular formula is C14H27NO2. The van der Waals surface area contributed by atoms with E-state index in [1.54, 1.807) is 0 Å². The lowest BCUT2D eigenvalue weighted by Crippen LogP contribution is -2.41. The third-order valence-electron chi connectivity index (χ3n) is 4.36. The Bertz CT molecular complexity index is 255. The Morgan fingerprint density at radius 2 is 2.00 bits per heavy atom. The summed E-state index contributed by atoms with van der Waals surface area (Å²) in [7, 11) is 3.59. The van der Waals surface area contributed by atoms with Gasteiger partial charge in [0.1, 0.15) is 0 Å². The molecule has 4 unspecified atom stereocenters. The average molecular weight is 241 g/mol. The predicted octanol–water partition coefficient (Wildman–Crippen LogP) is 2.55. The first-order chi connectivity index (χ1) is 7.95. The van der Waals surface area contributed by atoms with E-state index in [9.17, 15) is 4.79 Å². The molecule has 0 aromatic rings. The van der Waals surface area contributed by atoms with E-state index in [4.69, 9.17) is 4.74 Å². The van der Waals surface area contributed by atoms with Crippen LogP contribution in [0.5, 0.6) is 0 Å². The summed E-state index contributed by atoms with van der Waals surface area (Å²) >= 11 is 0. The summed E-state index contributed by atoms with van der Waals surface area (Å²) in [5, 5.41) is 0. The van der Waals surface area contributed by atoms with Crippen molar-refractivity contribution in [1.29, 1.82) is 0 Å². The van der Waals surface area contributed by atoms with Gasteiger partial charge in [0.15, 0.2) is 0 Å². The van der Waals surface area contributed by atoms with Gasteiger partial charge in [0.25, 0.3) is 0 Å². The van der Waals surface area contributed by atoms with Crippen molar-refractivity contribution in [3.63, 3.8) is 0 Å². The molecule has 0 spiro atoms. The molecule has 0 amide bonds. The van der Waals surface area contributed by atoms with Gasteiger partial charge in [0.05, 0.1) is 13.0 Å². The number of nitrogens with zero attached hydrogens (tertiary/aromatic N) is 1. The van der Waals surface area contributed by atoms with Crippen LogP contribution in [0.25, 0.3) is 0 Å². The molecule has 0 aromatic heterocycles. The van der Waals surface area contributed by atoms with E-state index in [2.05, 4.69) is 25.8 Å². The molecule has 0 aromatic carbocycles. The molecule has 0 bridgehead atoms. The van der Waals surface area contributed by atoms with Crippen LogP contribution in [-0.4, -0.2) is 37.6 Å². The molecule has 1 aliphatic rings. The highest BCUT2D eigenvalue weighted by Gasteiger charge is 2.28. The molecule has 17 heavy (non-hydrogen) atoms. The van der Waals surface area contributed by atoms with Crippen LogP contribution in [0, 0.1) is 17.8 Å². The number of esters is 1. The Hall–Kier alpha value is -0.570. The third-order valence-corrected chi connectivity index (χ3v) is 4.36. The van der Waals surface area contributed by atoms with Crippen LogP contribution in [0.2, 0.25) is 0 Å². The van der Waals surface area contributed by atoms with Crippen molar-refractivity contribution < 1.29 is 9.53 Å². The fraction of sp³-hybridized carbons (Fsp3) is 0.929. The maximum Gasteiger partial charge on any atom is 0.309 e. The van der Waals surface area contributed by atoms with E-state index >= 15 is 0 Å². The lowest BCUT2D eigenvalue weighted by atomic mass is 9.78. The zero-order valence-corrected chi connectivity index (χ0v) is 11.9. The predicted molar refractivity (Wildman–Crippen MR) is 69.8 cm³/mol. The fourth-order valence-corrected chi connectivity index (χ4v) is 2.78. The lowest BCUT2D eigenvalue weighted by molar-refractivity contribution is -0.145. The summed E-state index contributed by atoms with van der Waals surface area (Å²) in [6.07, 6.45) is 3.82. The molecule has 0 saturated heterocycles. The topological polar surface area (TPSA) is 29.5 Å². The van der Waals surface area contributed by atoms with Crippen molar-refractivity contribution in [2.24, 2.45) is 17.8 Å². The van der Waals surface area contributed by atoms with Crippen molar-refractivity contribution in [3.05, 3.63) is 0 Å². The van der Waals surface area contributed by atoms with E-state index in [1.807, 2.05) is 6.92 Å². The van der Waals surface area contributed by atoms with Crippen LogP contribution in [0.15, 0.2) is 0 Å². The van der Waals surface area contributed by atoms with Crippen LogP contribution in [0.1, 0.15) is 40.0 Å². The van der Waals surface area contributed by atoms with Crippen LogP contribution < -0.4 is 0 Å². The Balaban J connectivity index is 2.42. The van der Waals surface area contributed by atoms with Gasteiger partial charge in [-0.05, 0) is 38.1 Å². The largest absolute Gasteiger partial charge is 0.469 e. The lowest BCUT2D eigenvalue weighted by Gasteiger charge is -2.38. The first-order valence-corrected chi connectivity index (χ1v) is 6.73. The van der Waals surface area contributed by atoms with Crippen LogP contribution in [-0.2, 0) is 9.53 Å². The Morgan fingerprint density at radius 1 is 1.35 bits per heavy atom. The Kier molecular flexibility index (Phi) is 5.44. The SMILES string of the molecule is COC(=O)C(C)CN(C)C1CCC(C)C(C)C1. The van der Waals surface area contributed by atoms with Gasteiger partial charge in [-0.2, -0.15) is 0 Å². The molecule has 1 saturated carbocycles. The number of methoxy groups -OCH3 is 1. The molecule has 1 fully saturated rings. The summed E-state index contributed by atoms with van der Waals surface area (Å²) < 4.78 is 4.77. The number of rotatable bonds is 4. The molecule has 3 heteroatoms. The highest BCUT2D eigenvalue weighted by Crippen LogP contribution is 2.31. The van der Waals surface area contributed by atoms with Crippen molar-refractivity contribution in [1.82, 2.24) is 4.90 Å². The maximum absolute atomic E-state index is 11.4. The fourth-order valence-electron chi connectivity index (χ4n) is 2.78. The van der Waals surface area contributed by atoms with Gasteiger partial charge in [-0.3, -0.25) is 4.79 Å². The van der Waals surface area contributed by atoms with Crippen molar-refractivity contribution in [2.45, 2.75) is 46.1 Å². The van der Waals surface area contributed by atoms with E-state index in [0.29, 0.717) is 6.04 Å². The normalized spacial score (nSPS) is 31.3. The quantitative estimate of drug-likeness (QED) is 0.708. The summed E-state index contributed by atoms with van der Waals surface area (Å²) in [4.78, 5) is 13.7. The minimum Gasteiger partial charge on any atom is -0.469 e. The molecule has 0 heterocycles. The van der Waals surface area contributed by atoms with E-state index in [1.165, 1.54) is 26.4 Å². The third kappa shape index (κ3) is 3.98. The average Bonchev–Trinajstić information content (AvgIpc) is 2.31. The number of ether oxygens (including phenoxy) is 1. The van der Waals surface area contributed by atoms with Crippen molar-refractivity contribution >= 4 is 5.97 Å². The van der Waals surface area contributed by atoms with E-state index in [-0.39, 0.29) is 11.9 Å². The highest BCUT2D eigenvalue weighted by molar-refractivity contribution is 5.72. The van der Waals surface area contributed by atoms with Gasteiger partial charge < -0.3 is 9.64 Å². The smallest absolute Gasteiger partial charge is 0.309 e. The van der Waals surface area contributed by atoms with Crippen LogP contribution in [0.4, 0.5) is 0 Å². The first kappa shape index (κ1) is 14.5. The van der Waals surface area contributed by atoms with E-state index in [0.717, 1.165) is 18.4 Å². The number of hydrogen-bond acceptors (Lipinski definition) is 3. The first-order valence-electron chi connectivity index (χ1n) is 6.73. The van der Waals surface area contributed by atoms with Gasteiger partial charge in [0, 0.05) is 12.6 Å². The van der Waals surface area contributed by atoms with Crippen molar-refractivity contribution in [3.8, 4) is 0 Å². The second-order valence-electron chi connectivity index (χ2n) is 5.79. The standard InChI is InChI=1S/C14H27NO2/c1-10-6-7-13(8-11(10)2)15(4)9-12(3)14(16)17-5/h10-13H,6-9H2,1-5H3. The minimum absolute atomic E-state index is 0.0281. The second kappa shape index (κ2) is 6.39. The van der Waals surface area contributed by atoms with Gasteiger partial charge in [-0.15, -0.1) is 0 Å². The zero-order chi connectivity index (χ0) is 13.0. The molecule has 0 radical (unpaired) electrons. The molecule has 1 aliphatic carbocycles. The summed E-state index contributed by atoms with van der Waals surface area (Å²) in [6, 6.07) is 0.633. The summed E-state index contributed by atoms with van der Waals surface area (Å²) in [5.74, 6) is 1.51. The number of hydrogen-bond donors (Lipinski definition) is 0. The van der Waals surface area contributed by atoms with Gasteiger partial charge in [0.2, 0.25) is 0 Å². The monoisotopic (exact) mass is 241 g/mol. The summed E-state index contributed by atoms with van der Waals surface area (Å²) in [6.45, 7) is 7.43. The highest BCUT2D eigenvalue weighted by atomic mass is 16.5. The molecule has 100 valence electrons. The van der Waals surface area contributed by atoms with Gasteiger partial charge in [-0.1, -0.05) is 20.8 Å². The van der Waals surface area contributed by atoms with Crippen LogP contribution in [0.3, 0.4) is 0 Å². The zero-order valence-electron chi connectivity index (χ0n) is 11.9. The summed E-state index contributed by atoms with van der Waals surface area (Å²) in [5.41, 5.74) is 0. The maximum atomic E-state index is 11.4. The van der Waals surface area contributed by atoms with Gasteiger partial charge in [-0.25, -0.2) is 0 Å². The minimum atomic E-state index is -0.103. The number of carbonyl (C=O) groups is 1. The Morgan fingerprint density at radius 3 is 2.53 bits per heavy atom. The van der Waals surface area contributed by atoms with Crippen LogP contribution >= 0.6 is 0 Å². The molecule has 1 rings (SSSR count). The Labute approximate surface area is 106 Å². The molecule has 0 N–H and O–H groups in total. The molecule has 0 aliphatic heterocycles. The molecular weight excluding hydrogens is 214 g/mol. The molecule has 4 atom stereocenters. The number of carbonyl (C=O) groups excluding carboxylic acids is 1. The van der Waals surface area contributed by atoms with E-state index < -0.39 is 0 Å².